The predicted molar refractivity (Wildman–Crippen MR) is 123 cm³/mol. The van der Waals surface area contributed by atoms with E-state index in [0.29, 0.717) is 33.8 Å². The maximum atomic E-state index is 13.0. The topological polar surface area (TPSA) is 107 Å². The smallest absolute Gasteiger partial charge is 0.258 e. The van der Waals surface area contributed by atoms with Gasteiger partial charge in [0.2, 0.25) is 5.95 Å². The molecule has 33 heavy (non-hydrogen) atoms. The highest BCUT2D eigenvalue weighted by molar-refractivity contribution is 6.04. The minimum absolute atomic E-state index is 0.0269. The molecule has 0 radical (unpaired) electrons. The van der Waals surface area contributed by atoms with Crippen molar-refractivity contribution in [2.75, 3.05) is 38.5 Å². The van der Waals surface area contributed by atoms with E-state index in [4.69, 9.17) is 5.26 Å². The van der Waals surface area contributed by atoms with Crippen LogP contribution in [0.2, 0.25) is 0 Å². The molecular weight excluding hydrogens is 418 g/mol. The first kappa shape index (κ1) is 21.1. The van der Waals surface area contributed by atoms with E-state index in [9.17, 15) is 9.59 Å². The zero-order valence-electron chi connectivity index (χ0n) is 18.5. The lowest BCUT2D eigenvalue weighted by molar-refractivity contribution is 0.0724. The number of benzene rings is 1. The van der Waals surface area contributed by atoms with Gasteiger partial charge < -0.3 is 9.80 Å². The first-order chi connectivity index (χ1) is 16.0. The Morgan fingerprint density at radius 2 is 1.91 bits per heavy atom. The maximum Gasteiger partial charge on any atom is 0.258 e. The van der Waals surface area contributed by atoms with Crippen molar-refractivity contribution in [2.45, 2.75) is 25.3 Å². The number of amides is 2. The second-order valence-corrected chi connectivity index (χ2v) is 8.75. The van der Waals surface area contributed by atoms with Gasteiger partial charge in [-0.3, -0.25) is 19.5 Å². The van der Waals surface area contributed by atoms with Crippen LogP contribution in [0.4, 0.5) is 5.95 Å². The van der Waals surface area contributed by atoms with Crippen molar-refractivity contribution in [3.63, 3.8) is 0 Å². The highest BCUT2D eigenvalue weighted by Crippen LogP contribution is 2.29. The standard InChI is InChI=1S/C24H25N7O2/c1-29-14-19(15-29)31-21-20(11-18(13-26-21)23(33)30-8-3-2-4-9-30)27-24(31)28-22(32)17-7-5-6-16(10-17)12-25/h5-7,10-11,13,19H,2-4,8-9,14-15H2,1H3,(H,27,28,32). The molecule has 1 N–H and O–H groups in total. The molecule has 2 amide bonds. The van der Waals surface area contributed by atoms with Gasteiger partial charge in [-0.15, -0.1) is 0 Å². The third-order valence-corrected chi connectivity index (χ3v) is 6.31. The molecule has 0 saturated carbocycles. The molecule has 3 aromatic rings. The molecule has 0 atom stereocenters. The molecule has 0 aliphatic carbocycles. The highest BCUT2D eigenvalue weighted by Gasteiger charge is 2.30. The summed E-state index contributed by atoms with van der Waals surface area (Å²) in [4.78, 5) is 39.2. The van der Waals surface area contributed by atoms with E-state index in [1.54, 1.807) is 36.5 Å². The number of nitrogens with zero attached hydrogens (tertiary/aromatic N) is 6. The summed E-state index contributed by atoms with van der Waals surface area (Å²) >= 11 is 0. The number of carbonyl (C=O) groups excluding carboxylic acids is 2. The van der Waals surface area contributed by atoms with E-state index in [1.165, 1.54) is 0 Å². The van der Waals surface area contributed by atoms with Crippen molar-refractivity contribution in [1.29, 1.82) is 5.26 Å². The number of nitrogens with one attached hydrogen (secondary N) is 1. The average molecular weight is 444 g/mol. The van der Waals surface area contributed by atoms with Gasteiger partial charge in [-0.25, -0.2) is 9.97 Å². The number of hydrogen-bond donors (Lipinski definition) is 1. The summed E-state index contributed by atoms with van der Waals surface area (Å²) in [6, 6.07) is 10.5. The van der Waals surface area contributed by atoms with E-state index in [0.717, 1.165) is 45.4 Å². The Hall–Kier alpha value is -3.77. The fraction of sp³-hybridized carbons (Fsp3) is 0.375. The molecule has 0 bridgehead atoms. The molecular formula is C24H25N7O2. The fourth-order valence-electron chi connectivity index (χ4n) is 4.55. The number of anilines is 1. The molecule has 1 aromatic carbocycles. The minimum Gasteiger partial charge on any atom is -0.339 e. The second-order valence-electron chi connectivity index (χ2n) is 8.75. The van der Waals surface area contributed by atoms with Crippen LogP contribution in [0.3, 0.4) is 0 Å². The third kappa shape index (κ3) is 4.05. The minimum atomic E-state index is -0.346. The summed E-state index contributed by atoms with van der Waals surface area (Å²) in [6.45, 7) is 3.16. The molecule has 2 aromatic heterocycles. The number of hydrogen-bond acceptors (Lipinski definition) is 6. The van der Waals surface area contributed by atoms with Gasteiger partial charge >= 0.3 is 0 Å². The molecule has 5 rings (SSSR count). The van der Waals surface area contributed by atoms with E-state index in [1.807, 2.05) is 16.5 Å². The number of nitriles is 1. The molecule has 4 heterocycles. The Bertz CT molecular complexity index is 1260. The van der Waals surface area contributed by atoms with Gasteiger partial charge in [0.05, 0.1) is 23.2 Å². The van der Waals surface area contributed by atoms with Gasteiger partial charge in [0.25, 0.3) is 11.8 Å². The largest absolute Gasteiger partial charge is 0.339 e. The summed E-state index contributed by atoms with van der Waals surface area (Å²) in [5.74, 6) is 0.0208. The first-order valence-electron chi connectivity index (χ1n) is 11.2. The van der Waals surface area contributed by atoms with E-state index >= 15 is 0 Å². The van der Waals surface area contributed by atoms with Crippen molar-refractivity contribution in [3.8, 4) is 6.07 Å². The number of carbonyl (C=O) groups is 2. The van der Waals surface area contributed by atoms with Gasteiger partial charge in [-0.05, 0) is 50.6 Å². The Morgan fingerprint density at radius 1 is 1.12 bits per heavy atom. The van der Waals surface area contributed by atoms with Crippen LogP contribution < -0.4 is 5.32 Å². The first-order valence-corrected chi connectivity index (χ1v) is 11.2. The molecule has 9 nitrogen and oxygen atoms in total. The molecule has 2 saturated heterocycles. The van der Waals surface area contributed by atoms with Gasteiger partial charge in [0.15, 0.2) is 5.65 Å². The number of likely N-dealkylation sites (tertiary alicyclic amines) is 2. The number of piperidine rings is 1. The lowest BCUT2D eigenvalue weighted by Crippen LogP contribution is -2.45. The van der Waals surface area contributed by atoms with Crippen molar-refractivity contribution >= 4 is 28.9 Å². The monoisotopic (exact) mass is 443 g/mol. The molecule has 2 fully saturated rings. The van der Waals surface area contributed by atoms with E-state index in [2.05, 4.69) is 26.3 Å². The van der Waals surface area contributed by atoms with Crippen LogP contribution in [0, 0.1) is 11.3 Å². The van der Waals surface area contributed by atoms with Crippen LogP contribution in [-0.4, -0.2) is 69.4 Å². The van der Waals surface area contributed by atoms with Crippen LogP contribution in [0.1, 0.15) is 51.6 Å². The lowest BCUT2D eigenvalue weighted by Gasteiger charge is -2.37. The Balaban J connectivity index is 1.48. The number of likely N-dealkylation sites (N-methyl/N-ethyl adjacent to an activating group) is 1. The average Bonchev–Trinajstić information content (AvgIpc) is 3.18. The third-order valence-electron chi connectivity index (χ3n) is 6.31. The number of imidazole rings is 1. The van der Waals surface area contributed by atoms with E-state index < -0.39 is 0 Å². The Kier molecular flexibility index (Phi) is 5.52. The van der Waals surface area contributed by atoms with Gasteiger partial charge in [0, 0.05) is 37.9 Å². The molecule has 0 spiro atoms. The molecule has 2 aliphatic rings. The van der Waals surface area contributed by atoms with Gasteiger partial charge in [-0.1, -0.05) is 6.07 Å². The predicted octanol–water partition coefficient (Wildman–Crippen LogP) is 2.67. The summed E-state index contributed by atoms with van der Waals surface area (Å²) in [7, 11) is 2.03. The van der Waals surface area contributed by atoms with Crippen LogP contribution in [0.15, 0.2) is 36.5 Å². The van der Waals surface area contributed by atoms with Gasteiger partial charge in [0.1, 0.15) is 5.52 Å². The highest BCUT2D eigenvalue weighted by atomic mass is 16.2. The summed E-state index contributed by atoms with van der Waals surface area (Å²) < 4.78 is 1.94. The van der Waals surface area contributed by atoms with Crippen LogP contribution >= 0.6 is 0 Å². The maximum absolute atomic E-state index is 13.0. The quantitative estimate of drug-likeness (QED) is 0.664. The number of pyridine rings is 1. The lowest BCUT2D eigenvalue weighted by atomic mass is 10.1. The zero-order chi connectivity index (χ0) is 22.9. The number of rotatable bonds is 4. The summed E-state index contributed by atoms with van der Waals surface area (Å²) in [6.07, 6.45) is 4.81. The number of aromatic nitrogens is 3. The molecule has 2 aliphatic heterocycles. The SMILES string of the molecule is CN1CC(n2c(NC(=O)c3cccc(C#N)c3)nc3cc(C(=O)N4CCCCC4)cnc32)C1. The zero-order valence-corrected chi connectivity index (χ0v) is 18.5. The molecule has 168 valence electrons. The molecule has 9 heteroatoms. The fourth-order valence-corrected chi connectivity index (χ4v) is 4.55. The van der Waals surface area contributed by atoms with Crippen molar-refractivity contribution in [3.05, 3.63) is 53.2 Å². The van der Waals surface area contributed by atoms with Crippen LogP contribution in [0.25, 0.3) is 11.2 Å². The summed E-state index contributed by atoms with van der Waals surface area (Å²) in [5, 5.41) is 12.0. The number of fused-ring (bicyclic) bond motifs is 1. The Labute approximate surface area is 191 Å². The van der Waals surface area contributed by atoms with Crippen molar-refractivity contribution in [2.24, 2.45) is 0 Å². The van der Waals surface area contributed by atoms with Crippen molar-refractivity contribution in [1.82, 2.24) is 24.3 Å². The van der Waals surface area contributed by atoms with Crippen LogP contribution in [0.5, 0.6) is 0 Å². The Morgan fingerprint density at radius 3 is 2.64 bits per heavy atom. The van der Waals surface area contributed by atoms with Crippen molar-refractivity contribution < 1.29 is 9.59 Å². The second kappa shape index (κ2) is 8.64. The summed E-state index contributed by atoms with van der Waals surface area (Å²) in [5.41, 5.74) is 2.53. The normalized spacial score (nSPS) is 16.9. The van der Waals surface area contributed by atoms with Gasteiger partial charge in [-0.2, -0.15) is 5.26 Å². The molecule has 0 unspecified atom stereocenters. The van der Waals surface area contributed by atoms with Crippen LogP contribution in [-0.2, 0) is 0 Å². The van der Waals surface area contributed by atoms with E-state index in [-0.39, 0.29) is 17.9 Å².